The molecule has 2 aromatic carbocycles. The monoisotopic (exact) mass is 415 g/mol. The van der Waals surface area contributed by atoms with E-state index >= 15 is 0 Å². The maximum Gasteiger partial charge on any atom is 0.488 e. The summed E-state index contributed by atoms with van der Waals surface area (Å²) in [5.41, 5.74) is -0.987. The van der Waals surface area contributed by atoms with Gasteiger partial charge in [-0.3, -0.25) is 0 Å². The molecule has 0 spiro atoms. The van der Waals surface area contributed by atoms with Crippen LogP contribution in [0.15, 0.2) is 47.5 Å². The van der Waals surface area contributed by atoms with Crippen LogP contribution in [-0.2, 0) is 24.2 Å². The maximum atomic E-state index is 14.3. The van der Waals surface area contributed by atoms with E-state index < -0.39 is 34.4 Å². The van der Waals surface area contributed by atoms with Crippen LogP contribution in [-0.4, -0.2) is 22.8 Å². The Morgan fingerprint density at radius 1 is 1.07 bits per heavy atom. The van der Waals surface area contributed by atoms with E-state index in [4.69, 9.17) is 4.74 Å². The number of aryl methyl sites for hydroxylation is 1. The summed E-state index contributed by atoms with van der Waals surface area (Å²) in [6.45, 7) is -0.485. The molecular formula is C16H12F3N3O5S. The zero-order valence-corrected chi connectivity index (χ0v) is 15.0. The van der Waals surface area contributed by atoms with E-state index in [1.807, 2.05) is 0 Å². The first-order valence-corrected chi connectivity index (χ1v) is 8.91. The number of hydrogen-bond donors (Lipinski definition) is 0. The van der Waals surface area contributed by atoms with Crippen molar-refractivity contribution in [2.24, 2.45) is 7.05 Å². The first kappa shape index (κ1) is 19.5. The maximum absolute atomic E-state index is 14.3. The third-order valence-corrected chi connectivity index (χ3v) is 4.02. The summed E-state index contributed by atoms with van der Waals surface area (Å²) in [5, 5.41) is 3.71. The van der Waals surface area contributed by atoms with Crippen LogP contribution in [0.3, 0.4) is 0 Å². The van der Waals surface area contributed by atoms with E-state index in [-0.39, 0.29) is 22.7 Å². The highest BCUT2D eigenvalue weighted by atomic mass is 32.3. The average molecular weight is 415 g/mol. The molecule has 3 aromatic rings. The summed E-state index contributed by atoms with van der Waals surface area (Å²) in [7, 11) is -3.76. The number of halogens is 3. The lowest BCUT2D eigenvalue weighted by atomic mass is 10.2. The van der Waals surface area contributed by atoms with E-state index in [1.54, 1.807) is 0 Å². The Kier molecular flexibility index (Phi) is 5.14. The summed E-state index contributed by atoms with van der Waals surface area (Å²) in [6, 6.07) is 6.62. The standard InChI is InChI=1S/C16H12F3N3O5S/c1-21-16(23)22(9-20-21)10-6-14(17)13(15(18)7-10)8-26-11-2-4-12(5-3-11)27-28(19,24)25/h2-7,9H,8H2,1H3. The predicted molar refractivity (Wildman–Crippen MR) is 90.2 cm³/mol. The van der Waals surface area contributed by atoms with E-state index in [0.29, 0.717) is 0 Å². The number of rotatable bonds is 6. The smallest absolute Gasteiger partial charge is 0.488 e. The van der Waals surface area contributed by atoms with Gasteiger partial charge in [0.25, 0.3) is 0 Å². The van der Waals surface area contributed by atoms with Crippen molar-refractivity contribution in [2.75, 3.05) is 0 Å². The summed E-state index contributed by atoms with van der Waals surface area (Å²) < 4.78 is 73.1. The fraction of sp³-hybridized carbons (Fsp3) is 0.125. The molecule has 0 aliphatic rings. The van der Waals surface area contributed by atoms with Crippen molar-refractivity contribution in [2.45, 2.75) is 6.61 Å². The lowest BCUT2D eigenvalue weighted by Gasteiger charge is -2.10. The fourth-order valence-electron chi connectivity index (χ4n) is 2.29. The number of hydrogen-bond acceptors (Lipinski definition) is 6. The van der Waals surface area contributed by atoms with Gasteiger partial charge in [-0.2, -0.15) is 13.5 Å². The topological polar surface area (TPSA) is 92.4 Å². The molecule has 0 fully saturated rings. The zero-order chi connectivity index (χ0) is 20.5. The van der Waals surface area contributed by atoms with E-state index in [9.17, 15) is 25.9 Å². The summed E-state index contributed by atoms with van der Waals surface area (Å²) in [6.07, 6.45) is 1.13. The number of benzene rings is 2. The first-order chi connectivity index (χ1) is 13.1. The van der Waals surface area contributed by atoms with Crippen LogP contribution in [0.1, 0.15) is 5.56 Å². The fourth-order valence-corrected chi connectivity index (χ4v) is 2.63. The summed E-state index contributed by atoms with van der Waals surface area (Å²) >= 11 is 0. The van der Waals surface area contributed by atoms with Gasteiger partial charge in [0, 0.05) is 7.05 Å². The molecule has 0 saturated carbocycles. The van der Waals surface area contributed by atoms with Crippen LogP contribution in [0.5, 0.6) is 11.5 Å². The van der Waals surface area contributed by atoms with Crippen molar-refractivity contribution < 1.29 is 30.0 Å². The molecule has 0 amide bonds. The average Bonchev–Trinajstić information content (AvgIpc) is 2.93. The van der Waals surface area contributed by atoms with Crippen LogP contribution in [0, 0.1) is 11.6 Å². The Hall–Kier alpha value is -3.28. The van der Waals surface area contributed by atoms with Crippen molar-refractivity contribution in [3.8, 4) is 17.2 Å². The SMILES string of the molecule is Cn1ncn(-c2cc(F)c(COc3ccc(OS(=O)(=O)F)cc3)c(F)c2)c1=O. The van der Waals surface area contributed by atoms with Gasteiger partial charge in [0.1, 0.15) is 36.1 Å². The third-order valence-electron chi connectivity index (χ3n) is 3.63. The second kappa shape index (κ2) is 7.38. The highest BCUT2D eigenvalue weighted by molar-refractivity contribution is 7.81. The second-order valence-corrected chi connectivity index (χ2v) is 6.48. The van der Waals surface area contributed by atoms with Crippen LogP contribution in [0.4, 0.5) is 12.7 Å². The van der Waals surface area contributed by atoms with Gasteiger partial charge in [-0.15, -0.1) is 0 Å². The number of aromatic nitrogens is 3. The quantitative estimate of drug-likeness (QED) is 0.572. The molecule has 28 heavy (non-hydrogen) atoms. The molecule has 0 atom stereocenters. The summed E-state index contributed by atoms with van der Waals surface area (Å²) in [5.74, 6) is -2.03. The largest absolute Gasteiger partial charge is 0.489 e. The Balaban J connectivity index is 1.76. The van der Waals surface area contributed by atoms with Gasteiger partial charge >= 0.3 is 16.2 Å². The van der Waals surface area contributed by atoms with Gasteiger partial charge < -0.3 is 8.92 Å². The molecule has 0 saturated heterocycles. The molecule has 1 heterocycles. The van der Waals surface area contributed by atoms with Gasteiger partial charge in [0.05, 0.1) is 11.3 Å². The van der Waals surface area contributed by atoms with Gasteiger partial charge in [-0.05, 0) is 36.4 Å². The molecule has 0 aliphatic carbocycles. The van der Waals surface area contributed by atoms with Gasteiger partial charge in [-0.1, -0.05) is 3.89 Å². The molecule has 0 N–H and O–H groups in total. The molecule has 0 unspecified atom stereocenters. The van der Waals surface area contributed by atoms with Gasteiger partial charge in [0.2, 0.25) is 0 Å². The minimum absolute atomic E-state index is 0.0363. The van der Waals surface area contributed by atoms with Crippen molar-refractivity contribution in [1.29, 1.82) is 0 Å². The van der Waals surface area contributed by atoms with Crippen LogP contribution in [0.2, 0.25) is 0 Å². The Labute approximate surface area is 156 Å². The molecule has 1 aromatic heterocycles. The van der Waals surface area contributed by atoms with Crippen molar-refractivity contribution in [3.05, 3.63) is 70.4 Å². The lowest BCUT2D eigenvalue weighted by Crippen LogP contribution is -2.21. The highest BCUT2D eigenvalue weighted by Gasteiger charge is 2.15. The highest BCUT2D eigenvalue weighted by Crippen LogP contribution is 2.23. The molecule has 8 nitrogen and oxygen atoms in total. The molecule has 148 valence electrons. The van der Waals surface area contributed by atoms with E-state index in [1.165, 1.54) is 19.2 Å². The van der Waals surface area contributed by atoms with Crippen molar-refractivity contribution >= 4 is 10.5 Å². The van der Waals surface area contributed by atoms with Gasteiger partial charge in [0.15, 0.2) is 0 Å². The Morgan fingerprint density at radius 3 is 2.14 bits per heavy atom. The molecular weight excluding hydrogens is 403 g/mol. The minimum atomic E-state index is -5.16. The second-order valence-electron chi connectivity index (χ2n) is 5.53. The number of nitrogens with zero attached hydrogens (tertiary/aromatic N) is 3. The van der Waals surface area contributed by atoms with Crippen molar-refractivity contribution in [1.82, 2.24) is 14.3 Å². The number of ether oxygens (including phenoxy) is 1. The molecule has 0 radical (unpaired) electrons. The summed E-state index contributed by atoms with van der Waals surface area (Å²) in [4.78, 5) is 11.8. The Morgan fingerprint density at radius 2 is 1.64 bits per heavy atom. The molecule has 12 heteroatoms. The van der Waals surface area contributed by atoms with Crippen LogP contribution in [0.25, 0.3) is 5.69 Å². The molecule has 3 rings (SSSR count). The van der Waals surface area contributed by atoms with Crippen LogP contribution < -0.4 is 14.6 Å². The van der Waals surface area contributed by atoms with Gasteiger partial charge in [-0.25, -0.2) is 22.8 Å². The minimum Gasteiger partial charge on any atom is -0.489 e. The third kappa shape index (κ3) is 4.34. The predicted octanol–water partition coefficient (Wildman–Crippen LogP) is 2.02. The van der Waals surface area contributed by atoms with E-state index in [2.05, 4.69) is 9.28 Å². The molecule has 0 aliphatic heterocycles. The first-order valence-electron chi connectivity index (χ1n) is 7.60. The lowest BCUT2D eigenvalue weighted by molar-refractivity contribution is 0.292. The van der Waals surface area contributed by atoms with E-state index in [0.717, 1.165) is 39.8 Å². The van der Waals surface area contributed by atoms with Crippen LogP contribution >= 0.6 is 0 Å². The van der Waals surface area contributed by atoms with Crippen molar-refractivity contribution in [3.63, 3.8) is 0 Å². The molecule has 0 bridgehead atoms. The normalized spacial score (nSPS) is 11.4. The Bertz CT molecular complexity index is 1150. The zero-order valence-electron chi connectivity index (χ0n) is 14.2.